The summed E-state index contributed by atoms with van der Waals surface area (Å²) >= 11 is 0. The highest BCUT2D eigenvalue weighted by Crippen LogP contribution is 2.19. The number of nitrogens with one attached hydrogen (secondary N) is 2. The third-order valence-corrected chi connectivity index (χ3v) is 2.83. The minimum absolute atomic E-state index is 0.189. The molecule has 2 amide bonds. The molecule has 0 radical (unpaired) electrons. The summed E-state index contributed by atoms with van der Waals surface area (Å²) in [4.78, 5) is 24.7. The zero-order valence-electron chi connectivity index (χ0n) is 12.1. The van der Waals surface area contributed by atoms with E-state index < -0.39 is 23.5 Å². The van der Waals surface area contributed by atoms with Crippen molar-refractivity contribution in [2.24, 2.45) is 5.41 Å². The van der Waals surface area contributed by atoms with Gasteiger partial charge in [-0.05, 0) is 26.4 Å². The summed E-state index contributed by atoms with van der Waals surface area (Å²) in [5.41, 5.74) is -0.531. The number of urea groups is 1. The largest absolute Gasteiger partial charge is 0.480 e. The third kappa shape index (κ3) is 5.86. The third-order valence-electron chi connectivity index (χ3n) is 2.83. The van der Waals surface area contributed by atoms with Crippen molar-refractivity contribution < 1.29 is 14.7 Å². The van der Waals surface area contributed by atoms with Crippen LogP contribution in [0.5, 0.6) is 0 Å². The van der Waals surface area contributed by atoms with Gasteiger partial charge < -0.3 is 20.6 Å². The molecular weight excluding hydrogens is 234 g/mol. The number of rotatable bonds is 5. The Balaban J connectivity index is 4.33. The van der Waals surface area contributed by atoms with Gasteiger partial charge in [0.2, 0.25) is 0 Å². The van der Waals surface area contributed by atoms with Crippen molar-refractivity contribution >= 4 is 12.0 Å². The summed E-state index contributed by atoms with van der Waals surface area (Å²) in [6, 6.07) is -1.17. The van der Waals surface area contributed by atoms with Gasteiger partial charge in [-0.2, -0.15) is 0 Å². The second kappa shape index (κ2) is 6.58. The van der Waals surface area contributed by atoms with Crippen molar-refractivity contribution in [3.05, 3.63) is 0 Å². The Hall–Kier alpha value is -1.30. The molecule has 106 valence electrons. The highest BCUT2D eigenvalue weighted by molar-refractivity contribution is 5.83. The van der Waals surface area contributed by atoms with Gasteiger partial charge in [0.15, 0.2) is 0 Å². The number of nitrogens with zero attached hydrogens (tertiary/aromatic N) is 1. The van der Waals surface area contributed by atoms with Crippen molar-refractivity contribution in [3.8, 4) is 0 Å². The fourth-order valence-corrected chi connectivity index (χ4v) is 1.25. The first-order valence-electron chi connectivity index (χ1n) is 5.99. The summed E-state index contributed by atoms with van der Waals surface area (Å²) in [5, 5.41) is 14.2. The number of hydrogen-bond acceptors (Lipinski definition) is 3. The van der Waals surface area contributed by atoms with Gasteiger partial charge in [0, 0.05) is 12.6 Å². The Bertz CT molecular complexity index is 297. The van der Waals surface area contributed by atoms with Gasteiger partial charge in [0.05, 0.1) is 0 Å². The van der Waals surface area contributed by atoms with Crippen LogP contribution in [0.2, 0.25) is 0 Å². The van der Waals surface area contributed by atoms with Gasteiger partial charge in [0.25, 0.3) is 0 Å². The Morgan fingerprint density at radius 2 is 1.78 bits per heavy atom. The average Bonchev–Trinajstić information content (AvgIpc) is 2.20. The maximum Gasteiger partial charge on any atom is 0.326 e. The molecule has 0 aliphatic rings. The van der Waals surface area contributed by atoms with Gasteiger partial charge in [-0.3, -0.25) is 0 Å². The second-order valence-electron chi connectivity index (χ2n) is 5.80. The van der Waals surface area contributed by atoms with Gasteiger partial charge in [-0.1, -0.05) is 20.8 Å². The molecule has 6 nitrogen and oxygen atoms in total. The van der Waals surface area contributed by atoms with E-state index in [1.807, 2.05) is 25.9 Å². The van der Waals surface area contributed by atoms with Crippen LogP contribution >= 0.6 is 0 Å². The molecule has 6 heteroatoms. The first-order chi connectivity index (χ1) is 8.05. The summed E-state index contributed by atoms with van der Waals surface area (Å²) < 4.78 is 0. The van der Waals surface area contributed by atoms with E-state index in [1.54, 1.807) is 20.8 Å². The minimum Gasteiger partial charge on any atom is -0.480 e. The normalized spacial score (nSPS) is 15.1. The van der Waals surface area contributed by atoms with E-state index in [0.29, 0.717) is 6.54 Å². The topological polar surface area (TPSA) is 81.7 Å². The molecule has 0 aromatic heterocycles. The number of aliphatic carboxylic acids is 1. The van der Waals surface area contributed by atoms with Crippen LogP contribution in [0.4, 0.5) is 4.79 Å². The van der Waals surface area contributed by atoms with Crippen LogP contribution in [0, 0.1) is 5.41 Å². The quantitative estimate of drug-likeness (QED) is 0.680. The lowest BCUT2D eigenvalue weighted by Crippen LogP contribution is -2.53. The highest BCUT2D eigenvalue weighted by atomic mass is 16.4. The van der Waals surface area contributed by atoms with E-state index in [1.165, 1.54) is 0 Å². The molecular formula is C12H25N3O3. The van der Waals surface area contributed by atoms with Crippen LogP contribution in [0.15, 0.2) is 0 Å². The molecule has 0 heterocycles. The lowest BCUT2D eigenvalue weighted by molar-refractivity contribution is -0.141. The number of carboxylic acid groups (broad SMARTS) is 1. The SMILES string of the molecule is CC(CNC(=O)N[C@@H](C(=O)O)C(C)(C)C)N(C)C. The maximum absolute atomic E-state index is 11.6. The Kier molecular flexibility index (Phi) is 6.11. The fraction of sp³-hybridized carbons (Fsp3) is 0.833. The lowest BCUT2D eigenvalue weighted by Gasteiger charge is -2.28. The molecule has 3 N–H and O–H groups in total. The zero-order chi connectivity index (χ0) is 14.5. The number of carboxylic acids is 1. The van der Waals surface area contributed by atoms with Crippen LogP contribution in [-0.2, 0) is 4.79 Å². The Morgan fingerprint density at radius 3 is 2.11 bits per heavy atom. The molecule has 0 aromatic rings. The van der Waals surface area contributed by atoms with E-state index in [4.69, 9.17) is 5.11 Å². The fourth-order valence-electron chi connectivity index (χ4n) is 1.25. The predicted molar refractivity (Wildman–Crippen MR) is 70.6 cm³/mol. The molecule has 0 aliphatic heterocycles. The number of hydrogen-bond donors (Lipinski definition) is 3. The summed E-state index contributed by atoms with van der Waals surface area (Å²) in [6.45, 7) is 7.76. The molecule has 0 bridgehead atoms. The lowest BCUT2D eigenvalue weighted by atomic mass is 9.87. The van der Waals surface area contributed by atoms with E-state index in [0.717, 1.165) is 0 Å². The van der Waals surface area contributed by atoms with Crippen molar-refractivity contribution in [3.63, 3.8) is 0 Å². The first-order valence-corrected chi connectivity index (χ1v) is 5.99. The number of amides is 2. The molecule has 0 spiro atoms. The average molecular weight is 259 g/mol. The number of carbonyl (C=O) groups is 2. The van der Waals surface area contributed by atoms with Crippen molar-refractivity contribution in [1.82, 2.24) is 15.5 Å². The van der Waals surface area contributed by atoms with Crippen LogP contribution in [0.25, 0.3) is 0 Å². The Morgan fingerprint density at radius 1 is 1.28 bits per heavy atom. The summed E-state index contributed by atoms with van der Waals surface area (Å²) in [5.74, 6) is -1.03. The van der Waals surface area contributed by atoms with Gasteiger partial charge in [0.1, 0.15) is 6.04 Å². The molecule has 2 atom stereocenters. The molecule has 1 unspecified atom stereocenters. The summed E-state index contributed by atoms with van der Waals surface area (Å²) in [6.07, 6.45) is 0. The molecule has 0 saturated heterocycles. The standard InChI is InChI=1S/C12H25N3O3/c1-8(15(5)6)7-13-11(18)14-9(10(16)17)12(2,3)4/h8-9H,7H2,1-6H3,(H,16,17)(H2,13,14,18)/t8?,9-/m0/s1. The molecule has 0 fully saturated rings. The molecule has 0 aromatic carbocycles. The highest BCUT2D eigenvalue weighted by Gasteiger charge is 2.32. The van der Waals surface area contributed by atoms with Gasteiger partial charge >= 0.3 is 12.0 Å². The van der Waals surface area contributed by atoms with E-state index in [9.17, 15) is 9.59 Å². The number of carbonyl (C=O) groups excluding carboxylic acids is 1. The van der Waals surface area contributed by atoms with Crippen molar-refractivity contribution in [2.45, 2.75) is 39.8 Å². The first kappa shape index (κ1) is 16.7. The number of likely N-dealkylation sites (N-methyl/N-ethyl adjacent to an activating group) is 1. The van der Waals surface area contributed by atoms with Gasteiger partial charge in [-0.15, -0.1) is 0 Å². The summed E-state index contributed by atoms with van der Waals surface area (Å²) in [7, 11) is 3.83. The van der Waals surface area contributed by atoms with Crippen molar-refractivity contribution in [2.75, 3.05) is 20.6 Å². The smallest absolute Gasteiger partial charge is 0.326 e. The van der Waals surface area contributed by atoms with Crippen LogP contribution in [0.3, 0.4) is 0 Å². The van der Waals surface area contributed by atoms with E-state index >= 15 is 0 Å². The Labute approximate surface area is 109 Å². The molecule has 18 heavy (non-hydrogen) atoms. The maximum atomic E-state index is 11.6. The predicted octanol–water partition coefficient (Wildman–Crippen LogP) is 0.735. The minimum atomic E-state index is -1.03. The monoisotopic (exact) mass is 259 g/mol. The molecule has 0 aliphatic carbocycles. The zero-order valence-corrected chi connectivity index (χ0v) is 12.1. The molecule has 0 rings (SSSR count). The molecule has 0 saturated carbocycles. The second-order valence-corrected chi connectivity index (χ2v) is 5.80. The van der Waals surface area contributed by atoms with Crippen molar-refractivity contribution in [1.29, 1.82) is 0 Å². The van der Waals surface area contributed by atoms with Gasteiger partial charge in [-0.25, -0.2) is 9.59 Å². The van der Waals surface area contributed by atoms with E-state index in [-0.39, 0.29) is 6.04 Å². The van der Waals surface area contributed by atoms with Crippen LogP contribution in [0.1, 0.15) is 27.7 Å². The van der Waals surface area contributed by atoms with E-state index in [2.05, 4.69) is 10.6 Å². The van der Waals surface area contributed by atoms with Crippen LogP contribution in [-0.4, -0.2) is 54.7 Å². The van der Waals surface area contributed by atoms with Crippen LogP contribution < -0.4 is 10.6 Å².